The maximum atomic E-state index is 12.6. The molecule has 4 rings (SSSR count). The predicted molar refractivity (Wildman–Crippen MR) is 154 cm³/mol. The van der Waals surface area contributed by atoms with Gasteiger partial charge >= 0.3 is 6.36 Å². The average Bonchev–Trinajstić information content (AvgIpc) is 3.24. The topological polar surface area (TPSA) is 105 Å². The van der Waals surface area contributed by atoms with Crippen LogP contribution in [0.4, 0.5) is 24.5 Å². The first-order valence-electron chi connectivity index (χ1n) is 12.0. The van der Waals surface area contributed by atoms with E-state index < -0.39 is 6.36 Å². The molecule has 1 heterocycles. The van der Waals surface area contributed by atoms with Crippen LogP contribution < -0.4 is 15.4 Å². The van der Waals surface area contributed by atoms with E-state index in [4.69, 9.17) is 5.73 Å². The number of aryl methyl sites for hydroxylation is 3. The van der Waals surface area contributed by atoms with E-state index in [1.165, 1.54) is 30.2 Å². The molecule has 0 saturated carbocycles. The fourth-order valence-electron chi connectivity index (χ4n) is 4.03. The van der Waals surface area contributed by atoms with Crippen LogP contribution in [0.5, 0.6) is 5.75 Å². The van der Waals surface area contributed by atoms with Crippen molar-refractivity contribution in [1.29, 1.82) is 0 Å². The van der Waals surface area contributed by atoms with Crippen molar-refractivity contribution in [1.82, 2.24) is 0 Å². The van der Waals surface area contributed by atoms with E-state index in [1.807, 2.05) is 32.9 Å². The number of nitrogens with two attached hydrogens (primary N) is 1. The van der Waals surface area contributed by atoms with Gasteiger partial charge in [0.25, 0.3) is 0 Å². The second-order valence-electron chi connectivity index (χ2n) is 8.81. The second kappa shape index (κ2) is 12.2. The first-order valence-corrected chi connectivity index (χ1v) is 13.0. The lowest BCUT2D eigenvalue weighted by molar-refractivity contribution is -0.274. The lowest BCUT2D eigenvalue weighted by atomic mass is 10.0. The van der Waals surface area contributed by atoms with Crippen molar-refractivity contribution in [2.24, 2.45) is 25.9 Å². The van der Waals surface area contributed by atoms with Gasteiger partial charge in [0.2, 0.25) is 5.91 Å². The largest absolute Gasteiger partial charge is 0.573 e. The molecule has 0 spiro atoms. The summed E-state index contributed by atoms with van der Waals surface area (Å²) in [4.78, 5) is 22.4. The van der Waals surface area contributed by atoms with E-state index in [-0.39, 0.29) is 17.5 Å². The zero-order valence-electron chi connectivity index (χ0n) is 21.8. The summed E-state index contributed by atoms with van der Waals surface area (Å²) in [6.45, 7) is 5.97. The third-order valence-electron chi connectivity index (χ3n) is 5.65. The van der Waals surface area contributed by atoms with Gasteiger partial charge in [-0.2, -0.15) is 5.10 Å². The summed E-state index contributed by atoms with van der Waals surface area (Å²) in [5, 5.41) is 9.01. The molecule has 0 unspecified atom stereocenters. The summed E-state index contributed by atoms with van der Waals surface area (Å²) < 4.78 is 40.6. The van der Waals surface area contributed by atoms with Gasteiger partial charge in [-0.3, -0.25) is 9.69 Å². The summed E-state index contributed by atoms with van der Waals surface area (Å²) in [6.07, 6.45) is -1.96. The lowest BCUT2D eigenvalue weighted by Crippen LogP contribution is -2.30. The predicted octanol–water partition coefficient (Wildman–Crippen LogP) is 6.05. The first kappa shape index (κ1) is 28.6. The fraction of sp³-hybridized carbons (Fsp3) is 0.179. The highest BCUT2D eigenvalue weighted by molar-refractivity contribution is 8.15. The number of carbonyl (C=O) groups excluding carboxylic acids is 1. The number of hydrogen-bond donors (Lipinski definition) is 1. The Bertz CT molecular complexity index is 1490. The average molecular weight is 567 g/mol. The van der Waals surface area contributed by atoms with Crippen LogP contribution >= 0.6 is 11.8 Å². The van der Waals surface area contributed by atoms with Crippen molar-refractivity contribution in [3.8, 4) is 5.75 Å². The maximum absolute atomic E-state index is 12.6. The highest BCUT2D eigenvalue weighted by Crippen LogP contribution is 2.33. The Morgan fingerprint density at radius 1 is 1.02 bits per heavy atom. The van der Waals surface area contributed by atoms with E-state index in [0.717, 1.165) is 40.1 Å². The Kier molecular flexibility index (Phi) is 8.68. The van der Waals surface area contributed by atoms with Crippen LogP contribution in [-0.2, 0) is 4.79 Å². The molecule has 12 heteroatoms. The number of rotatable bonds is 7. The SMILES string of the molecule is Cc1cc(C)c(N2C(=O)CS/C2=N\N=C\c2ccc(C(N)=NC=Nc3ccc(OC(F)(F)F)cc3)cc2)c(C)c1. The van der Waals surface area contributed by atoms with Gasteiger partial charge in [-0.25, -0.2) is 9.98 Å². The minimum Gasteiger partial charge on any atom is -0.406 e. The number of aliphatic imine (C=N–C) groups is 2. The molecule has 0 aromatic heterocycles. The molecule has 0 radical (unpaired) electrons. The molecule has 8 nitrogen and oxygen atoms in total. The van der Waals surface area contributed by atoms with Gasteiger partial charge in [-0.15, -0.1) is 18.3 Å². The second-order valence-corrected chi connectivity index (χ2v) is 9.76. The van der Waals surface area contributed by atoms with Crippen LogP contribution in [0.3, 0.4) is 0 Å². The quantitative estimate of drug-likeness (QED) is 0.214. The monoisotopic (exact) mass is 566 g/mol. The van der Waals surface area contributed by atoms with Crippen LogP contribution in [0.1, 0.15) is 27.8 Å². The van der Waals surface area contributed by atoms with Gasteiger partial charge in [0, 0.05) is 5.56 Å². The number of carbonyl (C=O) groups is 1. The van der Waals surface area contributed by atoms with Crippen LogP contribution in [0.25, 0.3) is 0 Å². The van der Waals surface area contributed by atoms with Crippen molar-refractivity contribution >= 4 is 52.6 Å². The molecule has 1 aliphatic heterocycles. The third-order valence-corrected chi connectivity index (χ3v) is 6.57. The zero-order valence-corrected chi connectivity index (χ0v) is 22.6. The van der Waals surface area contributed by atoms with Gasteiger partial charge in [0.05, 0.1) is 23.3 Å². The molecular formula is C28H25F3N6O2S. The molecule has 1 fully saturated rings. The smallest absolute Gasteiger partial charge is 0.406 e. The maximum Gasteiger partial charge on any atom is 0.573 e. The van der Waals surface area contributed by atoms with Crippen LogP contribution in [0.15, 0.2) is 80.9 Å². The number of thioether (sulfide) groups is 1. The van der Waals surface area contributed by atoms with Gasteiger partial charge < -0.3 is 10.5 Å². The first-order chi connectivity index (χ1) is 19.0. The van der Waals surface area contributed by atoms with Crippen molar-refractivity contribution < 1.29 is 22.7 Å². The molecule has 3 aromatic carbocycles. The number of alkyl halides is 3. The molecule has 1 saturated heterocycles. The number of anilines is 1. The zero-order chi connectivity index (χ0) is 28.9. The van der Waals surface area contributed by atoms with E-state index >= 15 is 0 Å². The summed E-state index contributed by atoms with van der Waals surface area (Å²) in [5.74, 6) is 0.123. The Hall–Kier alpha value is -4.45. The molecular weight excluding hydrogens is 541 g/mol. The molecule has 1 aliphatic rings. The Morgan fingerprint density at radius 3 is 2.30 bits per heavy atom. The van der Waals surface area contributed by atoms with Gasteiger partial charge in [0.1, 0.15) is 17.9 Å². The van der Waals surface area contributed by atoms with E-state index in [9.17, 15) is 18.0 Å². The summed E-state index contributed by atoms with van der Waals surface area (Å²) in [7, 11) is 0. The molecule has 0 aliphatic carbocycles. The molecule has 206 valence electrons. The molecule has 3 aromatic rings. The van der Waals surface area contributed by atoms with Gasteiger partial charge in [-0.05, 0) is 61.7 Å². The highest BCUT2D eigenvalue weighted by Gasteiger charge is 2.32. The molecule has 2 N–H and O–H groups in total. The minimum atomic E-state index is -4.75. The van der Waals surface area contributed by atoms with E-state index in [2.05, 4.69) is 24.9 Å². The number of nitrogens with zero attached hydrogens (tertiary/aromatic N) is 5. The number of ether oxygens (including phenoxy) is 1. The van der Waals surface area contributed by atoms with Crippen molar-refractivity contribution in [2.45, 2.75) is 27.1 Å². The molecule has 0 bridgehead atoms. The van der Waals surface area contributed by atoms with Crippen molar-refractivity contribution in [3.05, 3.63) is 88.5 Å². The number of halogens is 3. The number of benzene rings is 3. The number of hydrogen-bond acceptors (Lipinski definition) is 6. The summed E-state index contributed by atoms with van der Waals surface area (Å²) in [5.41, 5.74) is 11.8. The van der Waals surface area contributed by atoms with Crippen molar-refractivity contribution in [3.63, 3.8) is 0 Å². The molecule has 40 heavy (non-hydrogen) atoms. The highest BCUT2D eigenvalue weighted by atomic mass is 32.2. The van der Waals surface area contributed by atoms with E-state index in [0.29, 0.717) is 22.2 Å². The normalized spacial score (nSPS) is 15.7. The van der Waals surface area contributed by atoms with Gasteiger partial charge in [-0.1, -0.05) is 53.7 Å². The van der Waals surface area contributed by atoms with E-state index in [1.54, 1.807) is 35.4 Å². The Labute approximate surface area is 233 Å². The Balaban J connectivity index is 1.40. The van der Waals surface area contributed by atoms with Crippen LogP contribution in [0.2, 0.25) is 0 Å². The summed E-state index contributed by atoms with van der Waals surface area (Å²) in [6, 6.07) is 16.2. The summed E-state index contributed by atoms with van der Waals surface area (Å²) >= 11 is 1.34. The molecule has 1 amide bonds. The number of amidine groups is 2. The van der Waals surface area contributed by atoms with Crippen LogP contribution in [-0.4, -0.2) is 41.6 Å². The Morgan fingerprint density at radius 2 is 1.68 bits per heavy atom. The van der Waals surface area contributed by atoms with Crippen molar-refractivity contribution in [2.75, 3.05) is 10.7 Å². The lowest BCUT2D eigenvalue weighted by Gasteiger charge is -2.21. The van der Waals surface area contributed by atoms with Crippen LogP contribution in [0, 0.1) is 20.8 Å². The van der Waals surface area contributed by atoms with Gasteiger partial charge in [0.15, 0.2) is 5.17 Å². The molecule has 0 atom stereocenters. The number of amides is 1. The third kappa shape index (κ3) is 7.35. The fourth-order valence-corrected chi connectivity index (χ4v) is 4.84. The minimum absolute atomic E-state index is 0.0378. The standard InChI is InChI=1S/C28H25F3N6O2S/c1-17-12-18(2)25(19(3)13-17)37-24(38)15-40-27(37)36-35-14-20-4-6-21(7-5-20)26(32)34-16-33-22-8-10-23(11-9-22)39-28(29,30)31/h4-14,16H,15H2,1-3H3,(H2,32,33,34)/b35-14+,36-27-.